The molecule has 3 atom stereocenters. The van der Waals surface area contributed by atoms with E-state index < -0.39 is 16.9 Å². The molecule has 3 unspecified atom stereocenters. The van der Waals surface area contributed by atoms with Crippen molar-refractivity contribution in [3.8, 4) is 0 Å². The fraction of sp³-hybridized carbons (Fsp3) is 0.500. The molecular weight excluding hydrogens is 368 g/mol. The Kier molecular flexibility index (Phi) is 5.19. The van der Waals surface area contributed by atoms with Gasteiger partial charge in [-0.1, -0.05) is 18.0 Å². The topological polar surface area (TPSA) is 101 Å². The van der Waals surface area contributed by atoms with Gasteiger partial charge in [-0.15, -0.1) is 11.8 Å². The van der Waals surface area contributed by atoms with Crippen LogP contribution in [0, 0.1) is 22.0 Å². The number of carbonyl (C=O) groups is 2. The minimum atomic E-state index is -0.967. The first kappa shape index (κ1) is 18.0. The van der Waals surface area contributed by atoms with Crippen molar-refractivity contribution in [2.75, 3.05) is 12.3 Å². The number of carbonyl (C=O) groups excluding carboxylic acids is 1. The van der Waals surface area contributed by atoms with Crippen LogP contribution >= 0.6 is 23.4 Å². The number of carboxylic acids is 1. The van der Waals surface area contributed by atoms with Gasteiger partial charge in [0.1, 0.15) is 6.04 Å². The average molecular weight is 385 g/mol. The van der Waals surface area contributed by atoms with Gasteiger partial charge >= 0.3 is 5.97 Å². The van der Waals surface area contributed by atoms with E-state index in [4.69, 9.17) is 11.6 Å². The lowest BCUT2D eigenvalue weighted by Gasteiger charge is -2.24. The third-order valence-electron chi connectivity index (χ3n) is 4.93. The van der Waals surface area contributed by atoms with Gasteiger partial charge in [-0.2, -0.15) is 0 Å². The van der Waals surface area contributed by atoms with Crippen molar-refractivity contribution < 1.29 is 19.6 Å². The number of hydrogen-bond donors (Lipinski definition) is 1. The quantitative estimate of drug-likeness (QED) is 0.475. The summed E-state index contributed by atoms with van der Waals surface area (Å²) in [5.41, 5.74) is -0.154. The molecule has 1 N–H and O–H groups in total. The van der Waals surface area contributed by atoms with Gasteiger partial charge in [-0.3, -0.25) is 14.9 Å². The molecule has 9 heteroatoms. The van der Waals surface area contributed by atoms with Crippen molar-refractivity contribution in [2.24, 2.45) is 11.8 Å². The highest BCUT2D eigenvalue weighted by molar-refractivity contribution is 8.00. The normalized spacial score (nSPS) is 25.0. The zero-order valence-electron chi connectivity index (χ0n) is 13.3. The number of nitrogens with zero attached hydrogens (tertiary/aromatic N) is 2. The summed E-state index contributed by atoms with van der Waals surface area (Å²) in [6.45, 7) is 0.462. The van der Waals surface area contributed by atoms with Crippen molar-refractivity contribution in [3.05, 3.63) is 33.3 Å². The molecule has 1 aromatic rings. The Balaban J connectivity index is 1.71. The Hall–Kier alpha value is -1.80. The summed E-state index contributed by atoms with van der Waals surface area (Å²) in [6, 6.07) is 3.50. The van der Waals surface area contributed by atoms with E-state index in [0.29, 0.717) is 11.4 Å². The second-order valence-electron chi connectivity index (χ2n) is 6.34. The van der Waals surface area contributed by atoms with Crippen LogP contribution in [0.25, 0.3) is 0 Å². The maximum absolute atomic E-state index is 12.6. The molecule has 2 fully saturated rings. The maximum Gasteiger partial charge on any atom is 0.326 e. The summed E-state index contributed by atoms with van der Waals surface area (Å²) in [5, 5.41) is 20.9. The molecule has 1 saturated heterocycles. The summed E-state index contributed by atoms with van der Waals surface area (Å²) < 4.78 is 0. The molecule has 1 aromatic carbocycles. The van der Waals surface area contributed by atoms with E-state index >= 15 is 0 Å². The molecule has 3 rings (SSSR count). The van der Waals surface area contributed by atoms with Crippen LogP contribution in [0.3, 0.4) is 0 Å². The number of amides is 1. The number of nitro groups is 1. The number of hydrogen-bond acceptors (Lipinski definition) is 5. The predicted molar refractivity (Wildman–Crippen MR) is 92.8 cm³/mol. The van der Waals surface area contributed by atoms with Gasteiger partial charge in [0, 0.05) is 17.6 Å². The zero-order valence-corrected chi connectivity index (χ0v) is 14.8. The zero-order chi connectivity index (χ0) is 18.1. The van der Waals surface area contributed by atoms with Crippen LogP contribution in [-0.2, 0) is 9.59 Å². The van der Waals surface area contributed by atoms with E-state index in [-0.39, 0.29) is 34.2 Å². The van der Waals surface area contributed by atoms with Crippen molar-refractivity contribution in [1.29, 1.82) is 0 Å². The number of likely N-dealkylation sites (tertiary alicyclic amines) is 1. The van der Waals surface area contributed by atoms with E-state index in [1.54, 1.807) is 0 Å². The Labute approximate surface area is 153 Å². The molecule has 25 heavy (non-hydrogen) atoms. The van der Waals surface area contributed by atoms with Crippen LogP contribution in [0.1, 0.15) is 19.3 Å². The number of carboxylic acid groups (broad SMARTS) is 1. The van der Waals surface area contributed by atoms with Gasteiger partial charge in [-0.05, 0) is 36.8 Å². The second-order valence-corrected chi connectivity index (χ2v) is 7.80. The third-order valence-corrected chi connectivity index (χ3v) is 6.22. The molecule has 1 aliphatic heterocycles. The van der Waals surface area contributed by atoms with E-state index in [2.05, 4.69) is 0 Å². The number of halogens is 1. The molecule has 0 aromatic heterocycles. The molecule has 1 saturated carbocycles. The average Bonchev–Trinajstić information content (AvgIpc) is 3.13. The lowest BCUT2D eigenvalue weighted by Crippen LogP contribution is -2.44. The summed E-state index contributed by atoms with van der Waals surface area (Å²) in [5.74, 6) is -1.02. The van der Waals surface area contributed by atoms with Crippen LogP contribution in [0.15, 0.2) is 23.1 Å². The first-order valence-corrected chi connectivity index (χ1v) is 9.34. The Morgan fingerprint density at radius 3 is 2.84 bits per heavy atom. The van der Waals surface area contributed by atoms with Crippen LogP contribution in [0.5, 0.6) is 0 Å². The fourth-order valence-electron chi connectivity index (χ4n) is 3.86. The number of nitro benzene ring substituents is 1. The third kappa shape index (κ3) is 3.59. The summed E-state index contributed by atoms with van der Waals surface area (Å²) in [6.07, 6.45) is 2.79. The van der Waals surface area contributed by atoms with E-state index in [1.165, 1.54) is 23.1 Å². The molecular formula is C16H17ClN2O5S. The minimum absolute atomic E-state index is 0.0244. The van der Waals surface area contributed by atoms with Crippen molar-refractivity contribution in [1.82, 2.24) is 4.90 Å². The monoisotopic (exact) mass is 384 g/mol. The summed E-state index contributed by atoms with van der Waals surface area (Å²) in [7, 11) is 0. The van der Waals surface area contributed by atoms with Crippen LogP contribution in [-0.4, -0.2) is 45.1 Å². The predicted octanol–water partition coefficient (Wildman–Crippen LogP) is 3.05. The molecule has 0 bridgehead atoms. The minimum Gasteiger partial charge on any atom is -0.480 e. The molecule has 0 radical (unpaired) electrons. The number of rotatable bonds is 5. The van der Waals surface area contributed by atoms with Crippen molar-refractivity contribution >= 4 is 40.9 Å². The van der Waals surface area contributed by atoms with Gasteiger partial charge in [0.2, 0.25) is 5.91 Å². The van der Waals surface area contributed by atoms with Crippen LogP contribution < -0.4 is 0 Å². The number of fused-ring (bicyclic) bond motifs is 1. The van der Waals surface area contributed by atoms with Crippen LogP contribution in [0.4, 0.5) is 5.69 Å². The Bertz CT molecular complexity index is 728. The molecule has 1 heterocycles. The van der Waals surface area contributed by atoms with Crippen LogP contribution in [0.2, 0.25) is 5.02 Å². The van der Waals surface area contributed by atoms with E-state index in [0.717, 1.165) is 31.0 Å². The first-order chi connectivity index (χ1) is 11.9. The Morgan fingerprint density at radius 1 is 1.40 bits per heavy atom. The molecule has 1 aliphatic carbocycles. The van der Waals surface area contributed by atoms with Gasteiger partial charge in [0.05, 0.1) is 15.6 Å². The summed E-state index contributed by atoms with van der Waals surface area (Å²) in [4.78, 5) is 36.5. The molecule has 2 aliphatic rings. The number of benzene rings is 1. The van der Waals surface area contributed by atoms with Crippen molar-refractivity contribution in [3.63, 3.8) is 0 Å². The standard InChI is InChI=1S/C16H17ClN2O5S/c17-10-4-5-13(12(6-10)19(23)24)25-8-14(20)18-7-9-2-1-3-11(9)15(18)16(21)22/h4-6,9,11,15H,1-3,7-8H2,(H,21,22). The smallest absolute Gasteiger partial charge is 0.326 e. The fourth-order valence-corrected chi connectivity index (χ4v) is 4.91. The first-order valence-electron chi connectivity index (χ1n) is 7.97. The van der Waals surface area contributed by atoms with Crippen molar-refractivity contribution in [2.45, 2.75) is 30.2 Å². The lowest BCUT2D eigenvalue weighted by atomic mass is 9.94. The molecule has 7 nitrogen and oxygen atoms in total. The van der Waals surface area contributed by atoms with Gasteiger partial charge < -0.3 is 10.0 Å². The Morgan fingerprint density at radius 2 is 2.16 bits per heavy atom. The van der Waals surface area contributed by atoms with E-state index in [1.807, 2.05) is 0 Å². The van der Waals surface area contributed by atoms with Gasteiger partial charge in [0.25, 0.3) is 5.69 Å². The number of aliphatic carboxylic acids is 1. The maximum atomic E-state index is 12.6. The lowest BCUT2D eigenvalue weighted by molar-refractivity contribution is -0.387. The largest absolute Gasteiger partial charge is 0.480 e. The molecule has 134 valence electrons. The van der Waals surface area contributed by atoms with Gasteiger partial charge in [0.15, 0.2) is 0 Å². The SMILES string of the molecule is O=C(O)C1C2CCCC2CN1C(=O)CSc1ccc(Cl)cc1[N+](=O)[O-]. The molecule has 1 amide bonds. The highest BCUT2D eigenvalue weighted by Crippen LogP contribution is 2.42. The van der Waals surface area contributed by atoms with Gasteiger partial charge in [-0.25, -0.2) is 4.79 Å². The second kappa shape index (κ2) is 7.21. The van der Waals surface area contributed by atoms with E-state index in [9.17, 15) is 24.8 Å². The summed E-state index contributed by atoms with van der Waals surface area (Å²) >= 11 is 6.82. The highest BCUT2D eigenvalue weighted by atomic mass is 35.5. The number of thioether (sulfide) groups is 1. The highest BCUT2D eigenvalue weighted by Gasteiger charge is 2.49. The molecule has 0 spiro atoms.